The summed E-state index contributed by atoms with van der Waals surface area (Å²) in [5.41, 5.74) is 2.52. The van der Waals surface area contributed by atoms with E-state index in [4.69, 9.17) is 15.1 Å². The molecule has 0 unspecified atom stereocenters. The topological polar surface area (TPSA) is 118 Å². The van der Waals surface area contributed by atoms with E-state index in [1.165, 1.54) is 10.5 Å². The number of aromatic nitrogens is 4. The summed E-state index contributed by atoms with van der Waals surface area (Å²) < 4.78 is 8.46. The molecule has 0 saturated carbocycles. The number of aryl methyl sites for hydroxylation is 1. The van der Waals surface area contributed by atoms with Gasteiger partial charge in [-0.05, 0) is 42.3 Å². The summed E-state index contributed by atoms with van der Waals surface area (Å²) >= 11 is 0. The number of hydrogen-bond acceptors (Lipinski definition) is 7. The molecule has 0 radical (unpaired) electrons. The lowest BCUT2D eigenvalue weighted by atomic mass is 10.1. The quantitative estimate of drug-likeness (QED) is 0.403. The van der Waals surface area contributed by atoms with E-state index in [2.05, 4.69) is 15.2 Å². The minimum Gasteiger partial charge on any atom is -0.379 e. The van der Waals surface area contributed by atoms with Crippen LogP contribution >= 0.6 is 0 Å². The predicted octanol–water partition coefficient (Wildman–Crippen LogP) is 0.942. The fourth-order valence-corrected chi connectivity index (χ4v) is 4.29. The Morgan fingerprint density at radius 3 is 2.71 bits per heavy atom. The van der Waals surface area contributed by atoms with Gasteiger partial charge in [-0.3, -0.25) is 29.3 Å². The monoisotopic (exact) mass is 473 g/mol. The first-order valence-electron chi connectivity index (χ1n) is 11.6. The van der Waals surface area contributed by atoms with Crippen LogP contribution in [0.4, 0.5) is 0 Å². The van der Waals surface area contributed by atoms with Crippen molar-refractivity contribution in [3.8, 4) is 0 Å². The number of fused-ring (bicyclic) bond motifs is 2. The minimum absolute atomic E-state index is 0.00143. The van der Waals surface area contributed by atoms with Gasteiger partial charge < -0.3 is 14.6 Å². The summed E-state index contributed by atoms with van der Waals surface area (Å²) in [5.74, 6) is -0.387. The number of nitrogens with zero attached hydrogens (tertiary/aromatic N) is 5. The van der Waals surface area contributed by atoms with E-state index in [9.17, 15) is 9.59 Å². The van der Waals surface area contributed by atoms with Gasteiger partial charge in [0, 0.05) is 44.8 Å². The van der Waals surface area contributed by atoms with E-state index in [1.54, 1.807) is 29.2 Å². The molecule has 1 amide bonds. The molecular weight excluding hydrogens is 446 g/mol. The summed E-state index contributed by atoms with van der Waals surface area (Å²) in [7, 11) is 0. The van der Waals surface area contributed by atoms with Gasteiger partial charge in [0.2, 0.25) is 0 Å². The fraction of sp³-hybridized carbons (Fsp3) is 0.320. The van der Waals surface area contributed by atoms with Gasteiger partial charge in [-0.25, -0.2) is 4.98 Å². The Morgan fingerprint density at radius 2 is 1.94 bits per heavy atom. The van der Waals surface area contributed by atoms with Crippen molar-refractivity contribution in [3.05, 3.63) is 81.5 Å². The summed E-state index contributed by atoms with van der Waals surface area (Å²) in [5, 5.41) is 12.1. The van der Waals surface area contributed by atoms with E-state index in [-0.39, 0.29) is 34.4 Å². The Kier molecular flexibility index (Phi) is 6.39. The van der Waals surface area contributed by atoms with Gasteiger partial charge in [0.25, 0.3) is 11.5 Å². The molecule has 10 heteroatoms. The number of morpholine rings is 1. The lowest BCUT2D eigenvalue weighted by Gasteiger charge is -2.26. The molecule has 1 aliphatic rings. The van der Waals surface area contributed by atoms with Crippen LogP contribution in [0.3, 0.4) is 0 Å². The van der Waals surface area contributed by atoms with Crippen molar-refractivity contribution >= 4 is 22.6 Å². The zero-order chi connectivity index (χ0) is 24.4. The van der Waals surface area contributed by atoms with Crippen molar-refractivity contribution < 1.29 is 9.53 Å². The van der Waals surface area contributed by atoms with Crippen LogP contribution in [0.1, 0.15) is 21.5 Å². The van der Waals surface area contributed by atoms with E-state index in [0.717, 1.165) is 24.2 Å². The second kappa shape index (κ2) is 9.77. The van der Waals surface area contributed by atoms with Crippen LogP contribution in [-0.2, 0) is 11.3 Å². The van der Waals surface area contributed by atoms with E-state index < -0.39 is 0 Å². The fourth-order valence-electron chi connectivity index (χ4n) is 4.29. The van der Waals surface area contributed by atoms with Crippen molar-refractivity contribution in [2.75, 3.05) is 39.4 Å². The third-order valence-electron chi connectivity index (χ3n) is 6.21. The Labute approximate surface area is 201 Å². The summed E-state index contributed by atoms with van der Waals surface area (Å²) in [6.45, 7) is 6.35. The molecule has 0 bridgehead atoms. The van der Waals surface area contributed by atoms with Crippen LogP contribution in [0.5, 0.6) is 0 Å². The minimum atomic E-state index is -0.387. The van der Waals surface area contributed by atoms with Crippen LogP contribution in [0.25, 0.3) is 16.7 Å². The highest BCUT2D eigenvalue weighted by Crippen LogP contribution is 2.13. The Balaban J connectivity index is 1.57. The molecule has 1 aliphatic heterocycles. The molecule has 0 aromatic carbocycles. The lowest BCUT2D eigenvalue weighted by Crippen LogP contribution is -2.42. The van der Waals surface area contributed by atoms with Gasteiger partial charge in [0.15, 0.2) is 0 Å². The number of pyridine rings is 3. The molecule has 35 heavy (non-hydrogen) atoms. The average Bonchev–Trinajstić information content (AvgIpc) is 2.87. The molecule has 0 spiro atoms. The highest BCUT2D eigenvalue weighted by Gasteiger charge is 2.18. The molecule has 1 fully saturated rings. The standard InChI is InChI=1S/C25H27N7O3/c1-17-2-3-21-29-23-20(25(34)31(21)15-17)14-19(22(26)32(23)16-18-4-6-27-7-5-18)24(33)28-8-9-30-10-12-35-13-11-30/h2-7,14-15,26H,8-13,16H2,1H3,(H,28,33). The van der Waals surface area contributed by atoms with Crippen LogP contribution in [0.15, 0.2) is 53.7 Å². The third kappa shape index (κ3) is 4.71. The van der Waals surface area contributed by atoms with Crippen LogP contribution in [0, 0.1) is 12.3 Å². The van der Waals surface area contributed by atoms with E-state index in [0.29, 0.717) is 37.6 Å². The third-order valence-corrected chi connectivity index (χ3v) is 6.21. The number of nitrogens with one attached hydrogen (secondary N) is 2. The number of carbonyl (C=O) groups is 1. The van der Waals surface area contributed by atoms with Gasteiger partial charge >= 0.3 is 0 Å². The second-order valence-electron chi connectivity index (χ2n) is 8.65. The largest absolute Gasteiger partial charge is 0.379 e. The molecule has 10 nitrogen and oxygen atoms in total. The highest BCUT2D eigenvalue weighted by molar-refractivity contribution is 5.96. The number of rotatable bonds is 6. The van der Waals surface area contributed by atoms with Crippen molar-refractivity contribution in [1.82, 2.24) is 29.2 Å². The van der Waals surface area contributed by atoms with Gasteiger partial charge in [0.05, 0.1) is 30.7 Å². The molecule has 5 rings (SSSR count). The maximum absolute atomic E-state index is 13.4. The SMILES string of the molecule is Cc1ccc2nc3c(cc(C(=O)NCCN4CCOCC4)c(=N)n3Cc3ccncc3)c(=O)n2c1. The summed E-state index contributed by atoms with van der Waals surface area (Å²) in [6.07, 6.45) is 5.07. The molecular formula is C25H27N7O3. The smallest absolute Gasteiger partial charge is 0.267 e. The first-order valence-corrected chi connectivity index (χ1v) is 11.6. The molecule has 0 aliphatic carbocycles. The maximum Gasteiger partial charge on any atom is 0.267 e. The molecule has 1 saturated heterocycles. The van der Waals surface area contributed by atoms with Crippen LogP contribution in [0.2, 0.25) is 0 Å². The molecule has 2 N–H and O–H groups in total. The van der Waals surface area contributed by atoms with Gasteiger partial charge in [-0.15, -0.1) is 0 Å². The molecule has 4 aromatic rings. The lowest BCUT2D eigenvalue weighted by molar-refractivity contribution is 0.0383. The summed E-state index contributed by atoms with van der Waals surface area (Å²) in [6, 6.07) is 8.84. The predicted molar refractivity (Wildman–Crippen MR) is 130 cm³/mol. The van der Waals surface area contributed by atoms with E-state index >= 15 is 0 Å². The second-order valence-corrected chi connectivity index (χ2v) is 8.65. The Hall–Kier alpha value is -3.89. The number of carbonyl (C=O) groups excluding carboxylic acids is 1. The molecule has 0 atom stereocenters. The Bertz CT molecular complexity index is 1510. The molecule has 4 aromatic heterocycles. The van der Waals surface area contributed by atoms with Crippen molar-refractivity contribution in [2.45, 2.75) is 13.5 Å². The van der Waals surface area contributed by atoms with Crippen LogP contribution in [-0.4, -0.2) is 69.1 Å². The average molecular weight is 474 g/mol. The van der Waals surface area contributed by atoms with Gasteiger partial charge in [0.1, 0.15) is 16.8 Å². The summed E-state index contributed by atoms with van der Waals surface area (Å²) in [4.78, 5) is 37.6. The van der Waals surface area contributed by atoms with Gasteiger partial charge in [-0.1, -0.05) is 6.07 Å². The zero-order valence-electron chi connectivity index (χ0n) is 19.5. The first-order chi connectivity index (χ1) is 17.0. The van der Waals surface area contributed by atoms with Crippen molar-refractivity contribution in [2.24, 2.45) is 0 Å². The highest BCUT2D eigenvalue weighted by atomic mass is 16.5. The Morgan fingerprint density at radius 1 is 1.17 bits per heavy atom. The number of amides is 1. The molecule has 5 heterocycles. The first kappa shape index (κ1) is 22.9. The zero-order valence-corrected chi connectivity index (χ0v) is 19.5. The maximum atomic E-state index is 13.4. The van der Waals surface area contributed by atoms with Gasteiger partial charge in [-0.2, -0.15) is 0 Å². The van der Waals surface area contributed by atoms with Crippen LogP contribution < -0.4 is 16.4 Å². The normalized spacial score (nSPS) is 14.4. The number of hydrogen-bond donors (Lipinski definition) is 2. The number of ether oxygens (including phenoxy) is 1. The van der Waals surface area contributed by atoms with E-state index in [1.807, 2.05) is 25.1 Å². The van der Waals surface area contributed by atoms with Crippen molar-refractivity contribution in [3.63, 3.8) is 0 Å². The molecule has 180 valence electrons. The van der Waals surface area contributed by atoms with Crippen molar-refractivity contribution in [1.29, 1.82) is 5.41 Å².